The van der Waals surface area contributed by atoms with Crippen LogP contribution in [0.4, 0.5) is 0 Å². The molecule has 2 heterocycles. The lowest BCUT2D eigenvalue weighted by Crippen LogP contribution is -2.62. The van der Waals surface area contributed by atoms with Crippen LogP contribution in [0.3, 0.4) is 0 Å². The number of hydrogen-bond acceptors (Lipinski definition) is 4. The van der Waals surface area contributed by atoms with Gasteiger partial charge in [-0.1, -0.05) is 17.7 Å². The monoisotopic (exact) mass is 352 g/mol. The Balaban J connectivity index is 1.72. The first-order valence-electron chi connectivity index (χ1n) is 8.65. The first kappa shape index (κ1) is 17.5. The maximum Gasteiger partial charge on any atom is 0.312 e. The number of halogens is 1. The Morgan fingerprint density at radius 3 is 3.08 bits per heavy atom. The van der Waals surface area contributed by atoms with Gasteiger partial charge in [0.15, 0.2) is 0 Å². The highest BCUT2D eigenvalue weighted by Gasteiger charge is 2.50. The molecule has 1 aromatic carbocycles. The number of piperidine rings is 2. The standard InChI is InChI=1S/C18H25ClN2O3/c1-2-24-15-5-4-13(10-14(15)19)11-21-9-6-16-18(12-21,17(22)23)7-3-8-20-16/h4-5,10,16,20H,2-3,6-9,11-12H2,1H3,(H,22,23)/t16-,18+/m1/s1. The van der Waals surface area contributed by atoms with Crippen molar-refractivity contribution >= 4 is 17.6 Å². The van der Waals surface area contributed by atoms with Crippen LogP contribution in [0.2, 0.25) is 5.02 Å². The molecule has 24 heavy (non-hydrogen) atoms. The van der Waals surface area contributed by atoms with Gasteiger partial charge in [0.1, 0.15) is 5.75 Å². The smallest absolute Gasteiger partial charge is 0.312 e. The number of nitrogens with one attached hydrogen (secondary N) is 1. The molecule has 0 bridgehead atoms. The van der Waals surface area contributed by atoms with Gasteiger partial charge in [-0.3, -0.25) is 9.69 Å². The summed E-state index contributed by atoms with van der Waals surface area (Å²) in [4.78, 5) is 14.2. The molecule has 0 aliphatic carbocycles. The summed E-state index contributed by atoms with van der Waals surface area (Å²) in [6, 6.07) is 5.91. The first-order chi connectivity index (χ1) is 11.5. The van der Waals surface area contributed by atoms with E-state index in [2.05, 4.69) is 10.2 Å². The molecular formula is C18H25ClN2O3. The molecule has 1 aromatic rings. The first-order valence-corrected chi connectivity index (χ1v) is 9.03. The molecule has 2 N–H and O–H groups in total. The van der Waals surface area contributed by atoms with Gasteiger partial charge in [-0.05, 0) is 50.4 Å². The normalized spacial score (nSPS) is 27.5. The SMILES string of the molecule is CCOc1ccc(CN2CC[C@H]3NCCC[C@]3(C(=O)O)C2)cc1Cl. The molecule has 0 unspecified atom stereocenters. The van der Waals surface area contributed by atoms with Gasteiger partial charge < -0.3 is 15.2 Å². The molecule has 0 spiro atoms. The van der Waals surface area contributed by atoms with Crippen molar-refractivity contribution in [1.82, 2.24) is 10.2 Å². The molecule has 3 rings (SSSR count). The number of ether oxygens (including phenoxy) is 1. The Labute approximate surface area is 147 Å². The molecular weight excluding hydrogens is 328 g/mol. The summed E-state index contributed by atoms with van der Waals surface area (Å²) in [5.41, 5.74) is 0.428. The largest absolute Gasteiger partial charge is 0.492 e. The summed E-state index contributed by atoms with van der Waals surface area (Å²) in [6.45, 7) is 5.64. The summed E-state index contributed by atoms with van der Waals surface area (Å²) >= 11 is 6.27. The lowest BCUT2D eigenvalue weighted by atomic mass is 9.70. The third-order valence-corrected chi connectivity index (χ3v) is 5.52. The number of nitrogens with zero attached hydrogens (tertiary/aromatic N) is 1. The van der Waals surface area contributed by atoms with E-state index in [0.717, 1.165) is 37.9 Å². The lowest BCUT2D eigenvalue weighted by molar-refractivity contribution is -0.157. The molecule has 6 heteroatoms. The van der Waals surface area contributed by atoms with Crippen molar-refractivity contribution in [3.05, 3.63) is 28.8 Å². The van der Waals surface area contributed by atoms with E-state index < -0.39 is 11.4 Å². The molecule has 0 aromatic heterocycles. The third kappa shape index (κ3) is 3.39. The minimum Gasteiger partial charge on any atom is -0.492 e. The van der Waals surface area contributed by atoms with Gasteiger partial charge in [0.25, 0.3) is 0 Å². The summed E-state index contributed by atoms with van der Waals surface area (Å²) in [6.07, 6.45) is 2.54. The summed E-state index contributed by atoms with van der Waals surface area (Å²) in [5.74, 6) is 0.0224. The summed E-state index contributed by atoms with van der Waals surface area (Å²) in [7, 11) is 0. The van der Waals surface area contributed by atoms with Gasteiger partial charge in [0.2, 0.25) is 0 Å². The second kappa shape index (κ2) is 7.30. The molecule has 2 aliphatic heterocycles. The van der Waals surface area contributed by atoms with Gasteiger partial charge in [0.05, 0.1) is 17.0 Å². The van der Waals surface area contributed by atoms with E-state index in [4.69, 9.17) is 16.3 Å². The minimum atomic E-state index is -0.672. The number of aliphatic carboxylic acids is 1. The molecule has 0 amide bonds. The number of likely N-dealkylation sites (tertiary alicyclic amines) is 1. The van der Waals surface area contributed by atoms with Gasteiger partial charge in [-0.25, -0.2) is 0 Å². The van der Waals surface area contributed by atoms with Crippen LogP contribution < -0.4 is 10.1 Å². The van der Waals surface area contributed by atoms with Crippen molar-refractivity contribution in [3.63, 3.8) is 0 Å². The summed E-state index contributed by atoms with van der Waals surface area (Å²) in [5, 5.41) is 13.9. The van der Waals surface area contributed by atoms with Crippen LogP contribution in [-0.2, 0) is 11.3 Å². The number of rotatable bonds is 5. The Morgan fingerprint density at radius 1 is 1.54 bits per heavy atom. The van der Waals surface area contributed by atoms with E-state index in [9.17, 15) is 9.90 Å². The van der Waals surface area contributed by atoms with E-state index in [1.165, 1.54) is 0 Å². The zero-order chi connectivity index (χ0) is 17.2. The zero-order valence-electron chi connectivity index (χ0n) is 14.1. The topological polar surface area (TPSA) is 61.8 Å². The van der Waals surface area contributed by atoms with E-state index in [0.29, 0.717) is 30.5 Å². The van der Waals surface area contributed by atoms with Gasteiger partial charge in [0, 0.05) is 25.7 Å². The molecule has 0 saturated carbocycles. The van der Waals surface area contributed by atoms with Crippen molar-refractivity contribution in [2.75, 3.05) is 26.2 Å². The summed E-state index contributed by atoms with van der Waals surface area (Å²) < 4.78 is 5.47. The molecule has 2 aliphatic rings. The number of carbonyl (C=O) groups is 1. The van der Waals surface area contributed by atoms with Crippen LogP contribution in [-0.4, -0.2) is 48.3 Å². The van der Waals surface area contributed by atoms with E-state index >= 15 is 0 Å². The second-order valence-corrected chi connectivity index (χ2v) is 7.18. The Hall–Kier alpha value is -1.30. The Bertz CT molecular complexity index is 610. The predicted octanol–water partition coefficient (Wildman–Crippen LogP) is 2.77. The zero-order valence-corrected chi connectivity index (χ0v) is 14.8. The van der Waals surface area contributed by atoms with Crippen molar-refractivity contribution in [2.45, 2.75) is 38.8 Å². The minimum absolute atomic E-state index is 0.0870. The molecule has 2 fully saturated rings. The maximum absolute atomic E-state index is 12.0. The average molecular weight is 353 g/mol. The fraction of sp³-hybridized carbons (Fsp3) is 0.611. The Kier molecular flexibility index (Phi) is 5.33. The fourth-order valence-corrected chi connectivity index (χ4v) is 4.30. The van der Waals surface area contributed by atoms with Gasteiger partial charge in [-0.15, -0.1) is 0 Å². The molecule has 132 valence electrons. The van der Waals surface area contributed by atoms with Crippen molar-refractivity contribution in [3.8, 4) is 5.75 Å². The number of benzene rings is 1. The van der Waals surface area contributed by atoms with Crippen molar-refractivity contribution in [1.29, 1.82) is 0 Å². The van der Waals surface area contributed by atoms with Crippen molar-refractivity contribution < 1.29 is 14.6 Å². The van der Waals surface area contributed by atoms with Crippen LogP contribution in [0.1, 0.15) is 31.7 Å². The van der Waals surface area contributed by atoms with E-state index in [1.807, 2.05) is 25.1 Å². The van der Waals surface area contributed by atoms with Crippen LogP contribution >= 0.6 is 11.6 Å². The second-order valence-electron chi connectivity index (χ2n) is 6.77. The van der Waals surface area contributed by atoms with Crippen LogP contribution in [0, 0.1) is 5.41 Å². The van der Waals surface area contributed by atoms with Gasteiger partial charge >= 0.3 is 5.97 Å². The number of hydrogen-bond donors (Lipinski definition) is 2. The Morgan fingerprint density at radius 2 is 2.38 bits per heavy atom. The van der Waals surface area contributed by atoms with E-state index in [1.54, 1.807) is 0 Å². The highest BCUT2D eigenvalue weighted by Crippen LogP contribution is 2.38. The molecule has 2 saturated heterocycles. The molecule has 0 radical (unpaired) electrons. The van der Waals surface area contributed by atoms with Crippen molar-refractivity contribution in [2.24, 2.45) is 5.41 Å². The highest BCUT2D eigenvalue weighted by molar-refractivity contribution is 6.32. The predicted molar refractivity (Wildman–Crippen MR) is 93.6 cm³/mol. The van der Waals surface area contributed by atoms with Crippen LogP contribution in [0.25, 0.3) is 0 Å². The maximum atomic E-state index is 12.0. The molecule has 5 nitrogen and oxygen atoms in total. The highest BCUT2D eigenvalue weighted by atomic mass is 35.5. The van der Waals surface area contributed by atoms with Crippen LogP contribution in [0.15, 0.2) is 18.2 Å². The fourth-order valence-electron chi connectivity index (χ4n) is 4.04. The third-order valence-electron chi connectivity index (χ3n) is 5.23. The quantitative estimate of drug-likeness (QED) is 0.853. The van der Waals surface area contributed by atoms with E-state index in [-0.39, 0.29) is 6.04 Å². The number of carboxylic acids is 1. The van der Waals surface area contributed by atoms with Gasteiger partial charge in [-0.2, -0.15) is 0 Å². The molecule has 2 atom stereocenters. The lowest BCUT2D eigenvalue weighted by Gasteiger charge is -2.48. The average Bonchev–Trinajstić information content (AvgIpc) is 2.57. The van der Waals surface area contributed by atoms with Crippen LogP contribution in [0.5, 0.6) is 5.75 Å². The number of fused-ring (bicyclic) bond motifs is 1. The number of carboxylic acid groups (broad SMARTS) is 1.